The first-order chi connectivity index (χ1) is 16.0. The zero-order valence-corrected chi connectivity index (χ0v) is 21.8. The molecule has 0 aromatic heterocycles. The van der Waals surface area contributed by atoms with Crippen LogP contribution in [0.4, 0.5) is 0 Å². The molecule has 6 unspecified atom stereocenters. The Balaban J connectivity index is 1.45. The maximum atomic E-state index is 12.2. The molecule has 7 nitrogen and oxygen atoms in total. The van der Waals surface area contributed by atoms with E-state index in [0.29, 0.717) is 24.2 Å². The molecule has 0 heterocycles. The SMILES string of the molecule is CC(CCC(=O)NCCS(=O)O)[C@H]1CCC2C3C(C[C@H](O)[C@@]21C)[C@@]1(C)CC[C@@H](O)CC1C[C@H]3O. The number of nitrogens with one attached hydrogen (secondary N) is 1. The third-order valence-electron chi connectivity index (χ3n) is 10.9. The number of aliphatic hydroxyl groups is 3. The van der Waals surface area contributed by atoms with Gasteiger partial charge in [0.1, 0.15) is 0 Å². The average Bonchev–Trinajstić information content (AvgIpc) is 3.12. The van der Waals surface area contributed by atoms with Gasteiger partial charge in [0.2, 0.25) is 5.91 Å². The van der Waals surface area contributed by atoms with Crippen molar-refractivity contribution in [2.24, 2.45) is 46.3 Å². The molecular weight excluding hydrogens is 454 g/mol. The van der Waals surface area contributed by atoms with Crippen LogP contribution in [0.15, 0.2) is 0 Å². The summed E-state index contributed by atoms with van der Waals surface area (Å²) < 4.78 is 19.6. The lowest BCUT2D eigenvalue weighted by Crippen LogP contribution is -2.62. The Hall–Kier alpha value is -0.540. The fourth-order valence-electron chi connectivity index (χ4n) is 9.06. The van der Waals surface area contributed by atoms with Crippen LogP contribution in [0, 0.1) is 46.3 Å². The Morgan fingerprint density at radius 2 is 1.82 bits per heavy atom. The summed E-state index contributed by atoms with van der Waals surface area (Å²) in [6.07, 6.45) is 6.12. The van der Waals surface area contributed by atoms with Gasteiger partial charge in [0.15, 0.2) is 11.1 Å². The van der Waals surface area contributed by atoms with Crippen LogP contribution in [0.2, 0.25) is 0 Å². The molecule has 8 heteroatoms. The van der Waals surface area contributed by atoms with E-state index in [0.717, 1.165) is 51.4 Å². The molecule has 0 bridgehead atoms. The van der Waals surface area contributed by atoms with Crippen molar-refractivity contribution < 1.29 is 28.9 Å². The zero-order chi connectivity index (χ0) is 24.8. The Morgan fingerprint density at radius 1 is 1.09 bits per heavy atom. The van der Waals surface area contributed by atoms with Gasteiger partial charge in [-0.2, -0.15) is 0 Å². The number of fused-ring (bicyclic) bond motifs is 5. The highest BCUT2D eigenvalue weighted by atomic mass is 32.2. The molecule has 1 amide bonds. The molecule has 0 aromatic rings. The van der Waals surface area contributed by atoms with Crippen LogP contribution >= 0.6 is 0 Å². The maximum Gasteiger partial charge on any atom is 0.220 e. The van der Waals surface area contributed by atoms with Gasteiger partial charge in [0.25, 0.3) is 0 Å². The fourth-order valence-corrected chi connectivity index (χ4v) is 9.33. The molecule has 0 aromatic carbocycles. The lowest BCUT2D eigenvalue weighted by Gasteiger charge is -2.63. The first kappa shape index (κ1) is 26.5. The van der Waals surface area contributed by atoms with E-state index < -0.39 is 17.2 Å². The number of hydrogen-bond acceptors (Lipinski definition) is 5. The van der Waals surface area contributed by atoms with Crippen molar-refractivity contribution in [2.45, 2.75) is 96.9 Å². The number of carbonyl (C=O) groups is 1. The quantitative estimate of drug-likeness (QED) is 0.343. The van der Waals surface area contributed by atoms with E-state index in [1.165, 1.54) is 0 Å². The normalized spacial score (nSPS) is 47.7. The molecule has 5 N–H and O–H groups in total. The molecule has 0 saturated heterocycles. The van der Waals surface area contributed by atoms with E-state index >= 15 is 0 Å². The highest BCUT2D eigenvalue weighted by molar-refractivity contribution is 7.79. The first-order valence-corrected chi connectivity index (χ1v) is 14.6. The molecule has 4 fully saturated rings. The second kappa shape index (κ2) is 10.1. The number of carbonyl (C=O) groups excluding carboxylic acids is 1. The largest absolute Gasteiger partial charge is 0.393 e. The first-order valence-electron chi connectivity index (χ1n) is 13.4. The molecule has 4 saturated carbocycles. The van der Waals surface area contributed by atoms with Gasteiger partial charge in [-0.15, -0.1) is 0 Å². The van der Waals surface area contributed by atoms with Crippen molar-refractivity contribution in [3.05, 3.63) is 0 Å². The predicted octanol–water partition coefficient (Wildman–Crippen LogP) is 2.70. The number of aliphatic hydroxyl groups excluding tert-OH is 3. The molecule has 0 spiro atoms. The number of hydrogen-bond donors (Lipinski definition) is 5. The summed E-state index contributed by atoms with van der Waals surface area (Å²) in [5.41, 5.74) is -0.186. The van der Waals surface area contributed by atoms with Gasteiger partial charge >= 0.3 is 0 Å². The average molecular weight is 500 g/mol. The van der Waals surface area contributed by atoms with Crippen LogP contribution in [0.3, 0.4) is 0 Å². The standard InChI is InChI=1S/C26H45NO6S/c1-15(4-7-23(31)27-10-11-34(32)33)18-5-6-19-24-20(14-22(30)26(18,19)3)25(2)9-8-17(28)12-16(25)13-21(24)29/h15-22,24,28-30H,4-14H2,1-3H3,(H,27,31)(H,32,33)/t15?,16?,17-,18-,19?,20?,21-,22+,24?,25+,26-/m1/s1. The van der Waals surface area contributed by atoms with E-state index in [4.69, 9.17) is 4.55 Å². The van der Waals surface area contributed by atoms with Gasteiger partial charge in [-0.25, -0.2) is 4.21 Å². The second-order valence-corrected chi connectivity index (χ2v) is 13.5. The number of rotatable bonds is 7. The minimum Gasteiger partial charge on any atom is -0.393 e. The minimum absolute atomic E-state index is 0.0412. The topological polar surface area (TPSA) is 127 Å². The molecule has 196 valence electrons. The van der Waals surface area contributed by atoms with Crippen molar-refractivity contribution in [3.63, 3.8) is 0 Å². The van der Waals surface area contributed by atoms with Crippen molar-refractivity contribution in [2.75, 3.05) is 12.3 Å². The van der Waals surface area contributed by atoms with E-state index in [-0.39, 0.29) is 59.0 Å². The fraction of sp³-hybridized carbons (Fsp3) is 0.962. The van der Waals surface area contributed by atoms with Crippen molar-refractivity contribution in [1.29, 1.82) is 0 Å². The Labute approximate surface area is 206 Å². The minimum atomic E-state index is -1.90. The monoisotopic (exact) mass is 499 g/mol. The summed E-state index contributed by atoms with van der Waals surface area (Å²) in [5.74, 6) is 1.61. The summed E-state index contributed by atoms with van der Waals surface area (Å²) in [7, 11) is 0. The summed E-state index contributed by atoms with van der Waals surface area (Å²) in [4.78, 5) is 12.2. The molecule has 0 radical (unpaired) electrons. The van der Waals surface area contributed by atoms with Crippen LogP contribution in [-0.2, 0) is 15.9 Å². The summed E-state index contributed by atoms with van der Waals surface area (Å²) >= 11 is -1.90. The van der Waals surface area contributed by atoms with E-state index in [9.17, 15) is 24.3 Å². The van der Waals surface area contributed by atoms with Gasteiger partial charge in [0.05, 0.1) is 24.1 Å². The third-order valence-corrected chi connectivity index (χ3v) is 11.5. The van der Waals surface area contributed by atoms with E-state index in [1.54, 1.807) is 0 Å². The van der Waals surface area contributed by atoms with Gasteiger partial charge in [-0.05, 0) is 97.7 Å². The molecule has 4 aliphatic rings. The number of amides is 1. The van der Waals surface area contributed by atoms with Gasteiger partial charge in [-0.3, -0.25) is 4.79 Å². The summed E-state index contributed by atoms with van der Waals surface area (Å²) in [6.45, 7) is 6.97. The lowest BCUT2D eigenvalue weighted by atomic mass is 9.43. The molecule has 4 rings (SSSR count). The van der Waals surface area contributed by atoms with Crippen molar-refractivity contribution >= 4 is 17.0 Å². The Bertz CT molecular complexity index is 780. The second-order valence-electron chi connectivity index (χ2n) is 12.4. The van der Waals surface area contributed by atoms with Crippen LogP contribution in [0.1, 0.15) is 78.6 Å². The van der Waals surface area contributed by atoms with E-state index in [1.807, 2.05) is 0 Å². The molecular formula is C26H45NO6S. The molecule has 12 atom stereocenters. The Morgan fingerprint density at radius 3 is 2.53 bits per heavy atom. The van der Waals surface area contributed by atoms with Gasteiger partial charge in [-0.1, -0.05) is 20.8 Å². The summed E-state index contributed by atoms with van der Waals surface area (Å²) in [6, 6.07) is 0. The summed E-state index contributed by atoms with van der Waals surface area (Å²) in [5, 5.41) is 36.0. The van der Waals surface area contributed by atoms with Gasteiger partial charge < -0.3 is 25.2 Å². The predicted molar refractivity (Wildman–Crippen MR) is 131 cm³/mol. The highest BCUT2D eigenvalue weighted by Gasteiger charge is 2.65. The van der Waals surface area contributed by atoms with Crippen LogP contribution in [0.25, 0.3) is 0 Å². The highest BCUT2D eigenvalue weighted by Crippen LogP contribution is 2.68. The third kappa shape index (κ3) is 4.62. The Kier molecular flexibility index (Phi) is 7.86. The smallest absolute Gasteiger partial charge is 0.220 e. The molecule has 34 heavy (non-hydrogen) atoms. The van der Waals surface area contributed by atoms with Crippen molar-refractivity contribution in [3.8, 4) is 0 Å². The van der Waals surface area contributed by atoms with Crippen LogP contribution in [-0.4, -0.2) is 60.6 Å². The van der Waals surface area contributed by atoms with Crippen LogP contribution in [0.5, 0.6) is 0 Å². The van der Waals surface area contributed by atoms with Crippen LogP contribution < -0.4 is 5.32 Å². The molecule has 0 aliphatic heterocycles. The zero-order valence-electron chi connectivity index (χ0n) is 21.0. The molecule has 4 aliphatic carbocycles. The van der Waals surface area contributed by atoms with E-state index in [2.05, 4.69) is 26.1 Å². The lowest BCUT2D eigenvalue weighted by molar-refractivity contribution is -0.207. The maximum absolute atomic E-state index is 12.2. The van der Waals surface area contributed by atoms with Gasteiger partial charge in [0, 0.05) is 13.0 Å². The van der Waals surface area contributed by atoms with Crippen molar-refractivity contribution in [1.82, 2.24) is 5.32 Å².